The van der Waals surface area contributed by atoms with E-state index in [0.29, 0.717) is 6.04 Å². The summed E-state index contributed by atoms with van der Waals surface area (Å²) in [4.78, 5) is 1.51. The molecule has 0 radical (unpaired) electrons. The summed E-state index contributed by atoms with van der Waals surface area (Å²) in [6, 6.07) is 5.13. The Morgan fingerprint density at radius 2 is 2.00 bits per heavy atom. The second kappa shape index (κ2) is 9.22. The Morgan fingerprint density at radius 3 is 2.60 bits per heavy atom. The molecule has 2 rings (SSSR count). The van der Waals surface area contributed by atoms with Gasteiger partial charge in [0, 0.05) is 10.9 Å². The maximum absolute atomic E-state index is 3.79. The number of nitrogens with one attached hydrogen (secondary N) is 1. The first kappa shape index (κ1) is 16.5. The zero-order valence-corrected chi connectivity index (χ0v) is 15.1. The van der Waals surface area contributed by atoms with Crippen molar-refractivity contribution in [3.63, 3.8) is 0 Å². The van der Waals surface area contributed by atoms with E-state index in [2.05, 4.69) is 40.3 Å². The highest BCUT2D eigenvalue weighted by Gasteiger charge is 2.18. The van der Waals surface area contributed by atoms with Gasteiger partial charge in [-0.15, -0.1) is 11.3 Å². The molecule has 1 nitrogen and oxygen atoms in total. The van der Waals surface area contributed by atoms with Crippen LogP contribution in [-0.4, -0.2) is 12.6 Å². The van der Waals surface area contributed by atoms with Crippen LogP contribution in [0.4, 0.5) is 0 Å². The van der Waals surface area contributed by atoms with Gasteiger partial charge in [0.1, 0.15) is 0 Å². The summed E-state index contributed by atoms with van der Waals surface area (Å²) < 4.78 is 1.26. The van der Waals surface area contributed by atoms with E-state index >= 15 is 0 Å². The van der Waals surface area contributed by atoms with Crippen LogP contribution in [0.5, 0.6) is 0 Å². The summed E-state index contributed by atoms with van der Waals surface area (Å²) in [6.45, 7) is 3.42. The van der Waals surface area contributed by atoms with Crippen molar-refractivity contribution < 1.29 is 0 Å². The molecule has 1 atom stereocenters. The first-order chi connectivity index (χ1) is 9.78. The minimum Gasteiger partial charge on any atom is -0.314 e. The van der Waals surface area contributed by atoms with E-state index < -0.39 is 0 Å². The second-order valence-electron chi connectivity index (χ2n) is 6.15. The Kier molecular flexibility index (Phi) is 7.61. The van der Waals surface area contributed by atoms with Crippen molar-refractivity contribution >= 4 is 27.3 Å². The quantitative estimate of drug-likeness (QED) is 0.609. The van der Waals surface area contributed by atoms with E-state index in [-0.39, 0.29) is 0 Å². The maximum Gasteiger partial charge on any atom is 0.0701 e. The summed E-state index contributed by atoms with van der Waals surface area (Å²) in [6.07, 6.45) is 12.5. The van der Waals surface area contributed by atoms with Crippen LogP contribution in [-0.2, 0) is 6.42 Å². The molecule has 0 saturated heterocycles. The molecule has 1 fully saturated rings. The normalized spacial score (nSPS) is 18.9. The molecule has 1 aliphatic carbocycles. The van der Waals surface area contributed by atoms with Gasteiger partial charge in [-0.3, -0.25) is 0 Å². The molecular formula is C17H28BrNS. The molecule has 0 spiro atoms. The molecule has 1 heterocycles. The van der Waals surface area contributed by atoms with E-state index in [4.69, 9.17) is 0 Å². The zero-order valence-electron chi connectivity index (χ0n) is 12.7. The highest BCUT2D eigenvalue weighted by atomic mass is 79.9. The van der Waals surface area contributed by atoms with Gasteiger partial charge in [0.05, 0.1) is 3.79 Å². The Bertz CT molecular complexity index is 369. The first-order valence-electron chi connectivity index (χ1n) is 8.25. The van der Waals surface area contributed by atoms with Gasteiger partial charge in [0.25, 0.3) is 0 Å². The van der Waals surface area contributed by atoms with Crippen molar-refractivity contribution in [2.45, 2.75) is 70.8 Å². The SMILES string of the molecule is CCCNC(Cc1ccc(Br)s1)CC1CCCCCC1. The lowest BCUT2D eigenvalue weighted by molar-refractivity contribution is 0.350. The molecule has 0 aromatic carbocycles. The summed E-state index contributed by atoms with van der Waals surface area (Å²) in [7, 11) is 0. The summed E-state index contributed by atoms with van der Waals surface area (Å²) >= 11 is 5.47. The van der Waals surface area contributed by atoms with Gasteiger partial charge >= 0.3 is 0 Å². The van der Waals surface area contributed by atoms with E-state index in [9.17, 15) is 0 Å². The van der Waals surface area contributed by atoms with Crippen molar-refractivity contribution in [2.75, 3.05) is 6.54 Å². The molecule has 0 amide bonds. The van der Waals surface area contributed by atoms with Crippen molar-refractivity contribution in [3.05, 3.63) is 20.8 Å². The third-order valence-corrected chi connectivity index (χ3v) is 6.00. The number of rotatable bonds is 7. The van der Waals surface area contributed by atoms with Crippen LogP contribution in [0.15, 0.2) is 15.9 Å². The molecule has 0 aliphatic heterocycles. The van der Waals surface area contributed by atoms with Gasteiger partial charge in [0.15, 0.2) is 0 Å². The molecule has 1 aromatic rings. The highest BCUT2D eigenvalue weighted by Crippen LogP contribution is 2.29. The lowest BCUT2D eigenvalue weighted by Crippen LogP contribution is -2.33. The lowest BCUT2D eigenvalue weighted by Gasteiger charge is -2.23. The summed E-state index contributed by atoms with van der Waals surface area (Å²) in [5.74, 6) is 0.954. The number of halogens is 1. The number of thiophene rings is 1. The molecule has 1 aromatic heterocycles. The van der Waals surface area contributed by atoms with Crippen LogP contribution >= 0.6 is 27.3 Å². The molecule has 1 aliphatic rings. The Balaban J connectivity index is 1.88. The van der Waals surface area contributed by atoms with E-state index in [1.54, 1.807) is 0 Å². The fraction of sp³-hybridized carbons (Fsp3) is 0.765. The third kappa shape index (κ3) is 5.87. The largest absolute Gasteiger partial charge is 0.314 e. The predicted molar refractivity (Wildman–Crippen MR) is 93.6 cm³/mol. The van der Waals surface area contributed by atoms with Crippen molar-refractivity contribution in [1.82, 2.24) is 5.32 Å². The minimum absolute atomic E-state index is 0.670. The molecule has 1 saturated carbocycles. The van der Waals surface area contributed by atoms with Crippen LogP contribution in [0.2, 0.25) is 0 Å². The van der Waals surface area contributed by atoms with E-state index in [1.807, 2.05) is 11.3 Å². The van der Waals surface area contributed by atoms with Crippen molar-refractivity contribution in [1.29, 1.82) is 0 Å². The molecule has 20 heavy (non-hydrogen) atoms. The third-order valence-electron chi connectivity index (χ3n) is 4.35. The molecule has 1 unspecified atom stereocenters. The van der Waals surface area contributed by atoms with Crippen molar-refractivity contribution in [3.8, 4) is 0 Å². The minimum atomic E-state index is 0.670. The average molecular weight is 358 g/mol. The Labute approximate surface area is 136 Å². The smallest absolute Gasteiger partial charge is 0.0701 e. The second-order valence-corrected chi connectivity index (χ2v) is 8.70. The Morgan fingerprint density at radius 1 is 1.25 bits per heavy atom. The van der Waals surface area contributed by atoms with E-state index in [1.165, 1.54) is 66.5 Å². The molecule has 3 heteroatoms. The van der Waals surface area contributed by atoms with Gasteiger partial charge in [-0.25, -0.2) is 0 Å². The van der Waals surface area contributed by atoms with Crippen LogP contribution in [0.3, 0.4) is 0 Å². The van der Waals surface area contributed by atoms with Gasteiger partial charge in [0.2, 0.25) is 0 Å². The number of hydrogen-bond acceptors (Lipinski definition) is 2. The van der Waals surface area contributed by atoms with Gasteiger partial charge < -0.3 is 5.32 Å². The topological polar surface area (TPSA) is 12.0 Å². The summed E-state index contributed by atoms with van der Waals surface area (Å²) in [5, 5.41) is 3.79. The van der Waals surface area contributed by atoms with Crippen LogP contribution in [0.25, 0.3) is 0 Å². The molecular weight excluding hydrogens is 330 g/mol. The lowest BCUT2D eigenvalue weighted by atomic mass is 9.91. The van der Waals surface area contributed by atoms with Gasteiger partial charge in [-0.05, 0) is 59.8 Å². The predicted octanol–water partition coefficient (Wildman–Crippen LogP) is 5.78. The monoisotopic (exact) mass is 357 g/mol. The van der Waals surface area contributed by atoms with Gasteiger partial charge in [-0.1, -0.05) is 45.4 Å². The van der Waals surface area contributed by atoms with Crippen LogP contribution in [0, 0.1) is 5.92 Å². The summed E-state index contributed by atoms with van der Waals surface area (Å²) in [5.41, 5.74) is 0. The fourth-order valence-corrected chi connectivity index (χ4v) is 4.86. The maximum atomic E-state index is 3.79. The standard InChI is InChI=1S/C17H28BrNS/c1-2-11-19-15(13-16-9-10-17(18)20-16)12-14-7-5-3-4-6-8-14/h9-10,14-15,19H,2-8,11-13H2,1H3. The molecule has 1 N–H and O–H groups in total. The van der Waals surface area contributed by atoms with Crippen LogP contribution < -0.4 is 5.32 Å². The molecule has 114 valence electrons. The van der Waals surface area contributed by atoms with Crippen LogP contribution in [0.1, 0.15) is 63.2 Å². The highest BCUT2D eigenvalue weighted by molar-refractivity contribution is 9.11. The van der Waals surface area contributed by atoms with Crippen molar-refractivity contribution in [2.24, 2.45) is 5.92 Å². The molecule has 0 bridgehead atoms. The average Bonchev–Trinajstić information content (AvgIpc) is 2.69. The first-order valence-corrected chi connectivity index (χ1v) is 9.86. The van der Waals surface area contributed by atoms with Gasteiger partial charge in [-0.2, -0.15) is 0 Å². The van der Waals surface area contributed by atoms with E-state index in [0.717, 1.165) is 12.5 Å². The number of hydrogen-bond donors (Lipinski definition) is 1. The fourth-order valence-electron chi connectivity index (χ4n) is 3.29. The Hall–Kier alpha value is 0.140. The zero-order chi connectivity index (χ0) is 14.2.